The normalized spacial score (nSPS) is 27.9. The van der Waals surface area contributed by atoms with Crippen LogP contribution in [0.25, 0.3) is 0 Å². The van der Waals surface area contributed by atoms with Gasteiger partial charge in [0.1, 0.15) is 6.17 Å². The number of morpholine rings is 1. The summed E-state index contributed by atoms with van der Waals surface area (Å²) in [6.45, 7) is 7.79. The minimum absolute atomic E-state index is 0.0546. The molecule has 3 N–H and O–H groups in total. The van der Waals surface area contributed by atoms with E-state index in [1.165, 1.54) is 5.01 Å². The Balaban J connectivity index is 1.40. The molecular formula is C28H37N5O5. The van der Waals surface area contributed by atoms with Crippen molar-refractivity contribution in [2.75, 3.05) is 26.3 Å². The topological polar surface area (TPSA) is 114 Å². The highest BCUT2D eigenvalue weighted by molar-refractivity contribution is 6.19. The molecule has 2 saturated heterocycles. The number of fused-ring (bicyclic) bond motifs is 1. The van der Waals surface area contributed by atoms with Crippen molar-refractivity contribution in [2.45, 2.75) is 57.9 Å². The van der Waals surface area contributed by atoms with Crippen molar-refractivity contribution >= 4 is 17.7 Å². The van der Waals surface area contributed by atoms with E-state index in [4.69, 9.17) is 4.74 Å². The first-order valence-electron chi connectivity index (χ1n) is 13.5. The molecule has 4 aliphatic rings. The fourth-order valence-corrected chi connectivity index (χ4v) is 5.47. The third-order valence-corrected chi connectivity index (χ3v) is 7.53. The summed E-state index contributed by atoms with van der Waals surface area (Å²) in [5, 5.41) is 15.5. The summed E-state index contributed by atoms with van der Waals surface area (Å²) in [4.78, 5) is 43.2. The molecular weight excluding hydrogens is 486 g/mol. The lowest BCUT2D eigenvalue weighted by molar-refractivity contribution is -0.142. The van der Waals surface area contributed by atoms with Crippen LogP contribution < -0.4 is 10.7 Å². The molecule has 1 aromatic rings. The number of nitrogens with zero attached hydrogens (tertiary/aromatic N) is 3. The maximum absolute atomic E-state index is 13.4. The molecule has 204 valence electrons. The maximum atomic E-state index is 13.4. The fraction of sp³-hybridized carbons (Fsp3) is 0.536. The number of hydrazine groups is 1. The van der Waals surface area contributed by atoms with Crippen molar-refractivity contribution in [3.63, 3.8) is 0 Å². The van der Waals surface area contributed by atoms with Crippen molar-refractivity contribution in [3.8, 4) is 0 Å². The van der Waals surface area contributed by atoms with E-state index in [1.54, 1.807) is 11.0 Å². The Morgan fingerprint density at radius 1 is 1.24 bits per heavy atom. The van der Waals surface area contributed by atoms with Gasteiger partial charge < -0.3 is 25.0 Å². The van der Waals surface area contributed by atoms with Crippen LogP contribution >= 0.6 is 0 Å². The summed E-state index contributed by atoms with van der Waals surface area (Å²) < 4.78 is 5.67. The monoisotopic (exact) mass is 523 g/mol. The Bertz CT molecular complexity index is 1130. The number of aliphatic hydroxyl groups is 1. The largest absolute Gasteiger partial charge is 0.494 e. The first-order valence-corrected chi connectivity index (χ1v) is 13.5. The number of benzene rings is 1. The van der Waals surface area contributed by atoms with Gasteiger partial charge in [-0.15, -0.1) is 0 Å². The standard InChI is InChI=1S/C28H37N5O5/c1-17(2)15-32-26-21(11-12-23(34)31-13-14-38-16-22(31)19-7-5-4-6-8-19)18(3)30-33(26)28(37)24(27(32)36)25(35)29-20-9-10-20/h4-8,11-12,17-18,20-22,26,30,36H,9-10,13-16H2,1-3H3,(H,29,35)/b12-11+/t18?,21?,22-,26?/m0/s1. The molecule has 1 aliphatic carbocycles. The summed E-state index contributed by atoms with van der Waals surface area (Å²) in [7, 11) is 0. The zero-order valence-corrected chi connectivity index (χ0v) is 22.2. The molecule has 1 saturated carbocycles. The minimum atomic E-state index is -0.573. The highest BCUT2D eigenvalue weighted by Gasteiger charge is 2.51. The summed E-state index contributed by atoms with van der Waals surface area (Å²) >= 11 is 0. The van der Waals surface area contributed by atoms with Crippen molar-refractivity contribution < 1.29 is 24.2 Å². The third-order valence-electron chi connectivity index (χ3n) is 7.53. The fourth-order valence-electron chi connectivity index (χ4n) is 5.47. The van der Waals surface area contributed by atoms with Gasteiger partial charge in [0, 0.05) is 31.1 Å². The van der Waals surface area contributed by atoms with Crippen molar-refractivity contribution in [3.05, 3.63) is 59.5 Å². The quantitative estimate of drug-likeness (QED) is 0.369. The molecule has 3 aliphatic heterocycles. The number of ether oxygens (including phenoxy) is 1. The van der Waals surface area contributed by atoms with E-state index < -0.39 is 18.0 Å². The number of rotatable bonds is 7. The molecule has 10 heteroatoms. The maximum Gasteiger partial charge on any atom is 0.280 e. The van der Waals surface area contributed by atoms with Crippen LogP contribution in [0.4, 0.5) is 0 Å². The smallest absolute Gasteiger partial charge is 0.280 e. The average Bonchev–Trinajstić information content (AvgIpc) is 3.65. The Hall–Kier alpha value is -3.37. The van der Waals surface area contributed by atoms with Crippen molar-refractivity contribution in [1.82, 2.24) is 25.6 Å². The Morgan fingerprint density at radius 2 is 1.97 bits per heavy atom. The molecule has 3 unspecified atom stereocenters. The zero-order chi connectivity index (χ0) is 27.0. The van der Waals surface area contributed by atoms with Gasteiger partial charge in [-0.2, -0.15) is 0 Å². The number of hydrogen-bond donors (Lipinski definition) is 3. The number of nitrogens with one attached hydrogen (secondary N) is 2. The molecule has 4 atom stereocenters. The first-order chi connectivity index (χ1) is 18.3. The van der Waals surface area contributed by atoms with E-state index in [1.807, 2.05) is 62.1 Å². The van der Waals surface area contributed by atoms with E-state index in [-0.39, 0.29) is 47.3 Å². The SMILES string of the molecule is CC(C)CN1C(O)=C(C(=O)NC2CC2)C(=O)N2NC(C)C(/C=C/C(=O)N3CCOC[C@H]3c3ccccc3)C12. The van der Waals surface area contributed by atoms with Gasteiger partial charge in [0.05, 0.1) is 19.3 Å². The number of aliphatic hydroxyl groups excluding tert-OH is 1. The second-order valence-corrected chi connectivity index (χ2v) is 11.0. The molecule has 3 fully saturated rings. The zero-order valence-electron chi connectivity index (χ0n) is 22.2. The van der Waals surface area contributed by atoms with Gasteiger partial charge in [0.2, 0.25) is 11.8 Å². The van der Waals surface area contributed by atoms with E-state index in [0.29, 0.717) is 26.3 Å². The second-order valence-electron chi connectivity index (χ2n) is 11.0. The molecule has 0 bridgehead atoms. The number of carbonyl (C=O) groups is 3. The molecule has 38 heavy (non-hydrogen) atoms. The van der Waals surface area contributed by atoms with Gasteiger partial charge in [-0.25, -0.2) is 10.4 Å². The summed E-state index contributed by atoms with van der Waals surface area (Å²) in [5.41, 5.74) is 3.97. The summed E-state index contributed by atoms with van der Waals surface area (Å²) in [5.74, 6) is -1.69. The van der Waals surface area contributed by atoms with Gasteiger partial charge in [-0.05, 0) is 37.3 Å². The highest BCUT2D eigenvalue weighted by atomic mass is 16.5. The van der Waals surface area contributed by atoms with Gasteiger partial charge in [0.15, 0.2) is 5.57 Å². The second kappa shape index (κ2) is 10.8. The van der Waals surface area contributed by atoms with Gasteiger partial charge in [-0.3, -0.25) is 14.4 Å². The van der Waals surface area contributed by atoms with E-state index in [9.17, 15) is 19.5 Å². The minimum Gasteiger partial charge on any atom is -0.494 e. The Labute approximate surface area is 223 Å². The van der Waals surface area contributed by atoms with Crippen LogP contribution in [0.2, 0.25) is 0 Å². The Morgan fingerprint density at radius 3 is 2.66 bits per heavy atom. The molecule has 3 heterocycles. The van der Waals surface area contributed by atoms with Gasteiger partial charge in [-0.1, -0.05) is 50.3 Å². The average molecular weight is 524 g/mol. The van der Waals surface area contributed by atoms with Gasteiger partial charge in [0.25, 0.3) is 11.8 Å². The lowest BCUT2D eigenvalue weighted by Gasteiger charge is -2.42. The molecule has 5 rings (SSSR count). The predicted molar refractivity (Wildman–Crippen MR) is 140 cm³/mol. The summed E-state index contributed by atoms with van der Waals surface area (Å²) in [6, 6.07) is 9.50. The van der Waals surface area contributed by atoms with Crippen molar-refractivity contribution in [1.29, 1.82) is 0 Å². The van der Waals surface area contributed by atoms with Crippen LogP contribution in [0.3, 0.4) is 0 Å². The third kappa shape index (κ3) is 5.15. The van der Waals surface area contributed by atoms with Crippen LogP contribution in [0.5, 0.6) is 0 Å². The lowest BCUT2D eigenvalue weighted by Crippen LogP contribution is -2.59. The molecule has 10 nitrogen and oxygen atoms in total. The van der Waals surface area contributed by atoms with E-state index in [2.05, 4.69) is 10.7 Å². The molecule has 0 spiro atoms. The van der Waals surface area contributed by atoms with Crippen LogP contribution in [-0.2, 0) is 19.1 Å². The van der Waals surface area contributed by atoms with E-state index in [0.717, 1.165) is 18.4 Å². The van der Waals surface area contributed by atoms with Crippen LogP contribution in [0, 0.1) is 11.8 Å². The van der Waals surface area contributed by atoms with Crippen LogP contribution in [0.15, 0.2) is 53.9 Å². The predicted octanol–water partition coefficient (Wildman–Crippen LogP) is 1.84. The first kappa shape index (κ1) is 26.2. The summed E-state index contributed by atoms with van der Waals surface area (Å²) in [6.07, 6.45) is 4.57. The molecule has 3 amide bonds. The molecule has 0 radical (unpaired) electrons. The number of carbonyl (C=O) groups excluding carboxylic acids is 3. The molecule has 0 aromatic heterocycles. The molecule has 1 aromatic carbocycles. The highest BCUT2D eigenvalue weighted by Crippen LogP contribution is 2.35. The van der Waals surface area contributed by atoms with E-state index >= 15 is 0 Å². The Kier molecular flexibility index (Phi) is 7.45. The van der Waals surface area contributed by atoms with Crippen LogP contribution in [-0.4, -0.2) is 82.2 Å². The number of hydrogen-bond acceptors (Lipinski definition) is 7. The van der Waals surface area contributed by atoms with Gasteiger partial charge >= 0.3 is 0 Å². The lowest BCUT2D eigenvalue weighted by atomic mass is 9.95. The van der Waals surface area contributed by atoms with Crippen molar-refractivity contribution in [2.24, 2.45) is 11.8 Å². The number of amides is 3. The van der Waals surface area contributed by atoms with Crippen LogP contribution in [0.1, 0.15) is 45.2 Å².